The summed E-state index contributed by atoms with van der Waals surface area (Å²) in [6, 6.07) is 23.7. The lowest BCUT2D eigenvalue weighted by Gasteiger charge is -2.08. The van der Waals surface area contributed by atoms with Crippen molar-refractivity contribution < 1.29 is 21.8 Å². The SMILES string of the molecule is Cc1ccc(S(=O)(=O)n2cc(-c3cn(S(=O)(=O)c4ccc(C)cc4)c4ccc([N+](=O)[O-])cc34)c3ccccc32)cc1. The van der Waals surface area contributed by atoms with Crippen LogP contribution in [0.15, 0.2) is 113 Å². The highest BCUT2D eigenvalue weighted by molar-refractivity contribution is 7.90. The van der Waals surface area contributed by atoms with Crippen LogP contribution in [0.1, 0.15) is 11.1 Å². The van der Waals surface area contributed by atoms with Crippen LogP contribution in [0, 0.1) is 24.0 Å². The van der Waals surface area contributed by atoms with Crippen LogP contribution in [-0.4, -0.2) is 29.7 Å². The van der Waals surface area contributed by atoms with Crippen molar-refractivity contribution in [2.24, 2.45) is 0 Å². The van der Waals surface area contributed by atoms with Crippen molar-refractivity contribution in [3.63, 3.8) is 0 Å². The minimum Gasteiger partial charge on any atom is -0.258 e. The molecule has 0 aliphatic heterocycles. The fraction of sp³-hybridized carbons (Fsp3) is 0.0667. The third-order valence-electron chi connectivity index (χ3n) is 7.09. The number of para-hydroxylation sites is 1. The van der Waals surface area contributed by atoms with Gasteiger partial charge in [0.2, 0.25) is 0 Å². The predicted octanol–water partition coefficient (Wildman–Crippen LogP) is 6.26. The Kier molecular flexibility index (Phi) is 6.09. The van der Waals surface area contributed by atoms with E-state index in [1.54, 1.807) is 48.5 Å². The molecule has 0 atom stereocenters. The molecule has 0 spiro atoms. The second-order valence-electron chi connectivity index (χ2n) is 9.79. The molecule has 0 aliphatic carbocycles. The van der Waals surface area contributed by atoms with Crippen molar-refractivity contribution in [2.75, 3.05) is 0 Å². The average molecular weight is 586 g/mol. The predicted molar refractivity (Wildman–Crippen MR) is 157 cm³/mol. The number of hydrogen-bond donors (Lipinski definition) is 0. The Balaban J connectivity index is 1.65. The van der Waals surface area contributed by atoms with E-state index in [1.165, 1.54) is 54.9 Å². The number of non-ortho nitro benzene ring substituents is 1. The molecule has 0 bridgehead atoms. The summed E-state index contributed by atoms with van der Waals surface area (Å²) in [4.78, 5) is 11.3. The van der Waals surface area contributed by atoms with Gasteiger partial charge in [0.1, 0.15) is 0 Å². The van der Waals surface area contributed by atoms with Crippen molar-refractivity contribution in [2.45, 2.75) is 23.6 Å². The Morgan fingerprint density at radius 2 is 1.07 bits per heavy atom. The topological polar surface area (TPSA) is 121 Å². The standard InChI is InChI=1S/C30H23N3O6S2/c1-20-7-12-23(13-8-20)40(36,37)31-18-27(25-5-3-4-6-29(25)31)28-19-32(30-16-11-22(33(34)35)17-26(28)30)41(38,39)24-14-9-21(2)10-15-24/h3-19H,1-2H3. The summed E-state index contributed by atoms with van der Waals surface area (Å²) in [5.74, 6) is 0. The molecule has 0 fully saturated rings. The van der Waals surface area contributed by atoms with E-state index in [9.17, 15) is 26.9 Å². The van der Waals surface area contributed by atoms with Gasteiger partial charge in [0.25, 0.3) is 25.7 Å². The molecule has 0 radical (unpaired) electrons. The highest BCUT2D eigenvalue weighted by Gasteiger charge is 2.27. The molecule has 2 heterocycles. The number of aromatic nitrogens is 2. The number of benzene rings is 4. The molecule has 41 heavy (non-hydrogen) atoms. The second-order valence-corrected chi connectivity index (χ2v) is 13.4. The summed E-state index contributed by atoms with van der Waals surface area (Å²) >= 11 is 0. The van der Waals surface area contributed by atoms with Crippen LogP contribution in [0.25, 0.3) is 32.9 Å². The Labute approximate surface area is 236 Å². The number of nitrogens with zero attached hydrogens (tertiary/aromatic N) is 3. The lowest BCUT2D eigenvalue weighted by atomic mass is 10.0. The number of aryl methyl sites for hydroxylation is 2. The zero-order chi connectivity index (χ0) is 29.1. The highest BCUT2D eigenvalue weighted by Crippen LogP contribution is 2.40. The molecule has 0 saturated heterocycles. The van der Waals surface area contributed by atoms with Gasteiger partial charge in [-0.15, -0.1) is 0 Å². The normalized spacial score (nSPS) is 12.2. The summed E-state index contributed by atoms with van der Waals surface area (Å²) < 4.78 is 57.4. The maximum Gasteiger partial charge on any atom is 0.270 e. The molecular weight excluding hydrogens is 562 g/mol. The summed E-state index contributed by atoms with van der Waals surface area (Å²) in [5, 5.41) is 12.5. The Morgan fingerprint density at radius 1 is 0.610 bits per heavy atom. The van der Waals surface area contributed by atoms with Crippen LogP contribution in [0.4, 0.5) is 5.69 Å². The van der Waals surface area contributed by atoms with E-state index < -0.39 is 25.0 Å². The van der Waals surface area contributed by atoms with Crippen molar-refractivity contribution in [1.82, 2.24) is 7.94 Å². The van der Waals surface area contributed by atoms with Gasteiger partial charge in [-0.1, -0.05) is 53.6 Å². The van der Waals surface area contributed by atoms with Crippen molar-refractivity contribution in [1.29, 1.82) is 0 Å². The number of fused-ring (bicyclic) bond motifs is 2. The molecule has 206 valence electrons. The quantitative estimate of drug-likeness (QED) is 0.168. The van der Waals surface area contributed by atoms with E-state index in [-0.39, 0.29) is 21.0 Å². The highest BCUT2D eigenvalue weighted by atomic mass is 32.2. The Hall–Kier alpha value is -4.74. The maximum atomic E-state index is 13.8. The molecule has 9 nitrogen and oxygen atoms in total. The molecule has 2 aromatic heterocycles. The summed E-state index contributed by atoms with van der Waals surface area (Å²) in [7, 11) is -8.13. The molecule has 4 aromatic carbocycles. The van der Waals surface area contributed by atoms with Gasteiger partial charge in [-0.05, 0) is 50.2 Å². The minimum atomic E-state index is -4.10. The molecule has 11 heteroatoms. The van der Waals surface area contributed by atoms with Gasteiger partial charge in [-0.25, -0.2) is 24.8 Å². The van der Waals surface area contributed by atoms with Crippen LogP contribution in [0.5, 0.6) is 0 Å². The van der Waals surface area contributed by atoms with Gasteiger partial charge in [0, 0.05) is 46.4 Å². The van der Waals surface area contributed by atoms with Gasteiger partial charge in [-0.3, -0.25) is 10.1 Å². The smallest absolute Gasteiger partial charge is 0.258 e. The Morgan fingerprint density at radius 3 is 1.59 bits per heavy atom. The first-order chi connectivity index (χ1) is 19.5. The average Bonchev–Trinajstić information content (AvgIpc) is 3.53. The first-order valence-corrected chi connectivity index (χ1v) is 15.4. The summed E-state index contributed by atoms with van der Waals surface area (Å²) in [5.41, 5.74) is 2.94. The third-order valence-corrected chi connectivity index (χ3v) is 10.5. The molecular formula is C30H23N3O6S2. The number of rotatable bonds is 6. The zero-order valence-electron chi connectivity index (χ0n) is 21.9. The summed E-state index contributed by atoms with van der Waals surface area (Å²) in [6.45, 7) is 3.71. The van der Waals surface area contributed by atoms with Crippen LogP contribution in [0.2, 0.25) is 0 Å². The van der Waals surface area contributed by atoms with E-state index in [0.29, 0.717) is 27.4 Å². The van der Waals surface area contributed by atoms with E-state index in [2.05, 4.69) is 0 Å². The van der Waals surface area contributed by atoms with Gasteiger partial charge in [0.15, 0.2) is 0 Å². The van der Waals surface area contributed by atoms with Crippen LogP contribution in [0.3, 0.4) is 0 Å². The van der Waals surface area contributed by atoms with Crippen LogP contribution >= 0.6 is 0 Å². The fourth-order valence-corrected chi connectivity index (χ4v) is 7.67. The molecule has 0 unspecified atom stereocenters. The van der Waals surface area contributed by atoms with Gasteiger partial charge in [-0.2, -0.15) is 0 Å². The lowest BCUT2D eigenvalue weighted by Crippen LogP contribution is -2.12. The number of nitro benzene ring substituents is 1. The van der Waals surface area contributed by atoms with Crippen molar-refractivity contribution >= 4 is 47.5 Å². The second kappa shape index (κ2) is 9.43. The first kappa shape index (κ1) is 26.5. The number of nitro groups is 1. The van der Waals surface area contributed by atoms with E-state index in [1.807, 2.05) is 13.8 Å². The van der Waals surface area contributed by atoms with Gasteiger partial charge >= 0.3 is 0 Å². The molecule has 0 saturated carbocycles. The maximum absolute atomic E-state index is 13.8. The van der Waals surface area contributed by atoms with Crippen molar-refractivity contribution in [3.05, 3.63) is 125 Å². The third kappa shape index (κ3) is 4.30. The summed E-state index contributed by atoms with van der Waals surface area (Å²) in [6.07, 6.45) is 2.84. The molecule has 0 aliphatic rings. The van der Waals surface area contributed by atoms with E-state index >= 15 is 0 Å². The lowest BCUT2D eigenvalue weighted by molar-refractivity contribution is -0.384. The molecule has 6 aromatic rings. The van der Waals surface area contributed by atoms with E-state index in [4.69, 9.17) is 0 Å². The van der Waals surface area contributed by atoms with Crippen molar-refractivity contribution in [3.8, 4) is 11.1 Å². The molecule has 0 amide bonds. The Bertz CT molecular complexity index is 2210. The molecule has 6 rings (SSSR count). The minimum absolute atomic E-state index is 0.0503. The van der Waals surface area contributed by atoms with Gasteiger partial charge in [0.05, 0.1) is 25.7 Å². The van der Waals surface area contributed by atoms with Crippen LogP contribution in [-0.2, 0) is 20.0 Å². The monoisotopic (exact) mass is 585 g/mol. The fourth-order valence-electron chi connectivity index (χ4n) is 4.93. The van der Waals surface area contributed by atoms with E-state index in [0.717, 1.165) is 19.1 Å². The number of hydrogen-bond acceptors (Lipinski definition) is 6. The first-order valence-electron chi connectivity index (χ1n) is 12.5. The van der Waals surface area contributed by atoms with Gasteiger partial charge < -0.3 is 0 Å². The molecule has 0 N–H and O–H groups in total. The largest absolute Gasteiger partial charge is 0.270 e. The zero-order valence-corrected chi connectivity index (χ0v) is 23.6. The van der Waals surface area contributed by atoms with Crippen LogP contribution < -0.4 is 0 Å².